The number of phenols is 1. The van der Waals surface area contributed by atoms with E-state index in [0.29, 0.717) is 5.69 Å². The van der Waals surface area contributed by atoms with Gasteiger partial charge in [0.25, 0.3) is 0 Å². The largest absolute Gasteiger partial charge is 0.508 e. The number of carbonyl (C=O) groups is 1. The minimum atomic E-state index is -0.104. The van der Waals surface area contributed by atoms with Crippen molar-refractivity contribution in [1.29, 1.82) is 0 Å². The molecule has 4 nitrogen and oxygen atoms in total. The molecular formula is C9H12N2O2. The SMILES string of the molecule is CNCC(=O)Nc1ccc(O)cc1. The lowest BCUT2D eigenvalue weighted by molar-refractivity contribution is -0.115. The molecule has 0 saturated carbocycles. The summed E-state index contributed by atoms with van der Waals surface area (Å²) in [6.45, 7) is 0.279. The molecule has 0 unspecified atom stereocenters. The second-order valence-corrected chi connectivity index (χ2v) is 2.63. The molecule has 0 spiro atoms. The smallest absolute Gasteiger partial charge is 0.238 e. The Bertz CT molecular complexity index is 282. The molecule has 0 radical (unpaired) electrons. The van der Waals surface area contributed by atoms with Crippen molar-refractivity contribution >= 4 is 11.6 Å². The van der Waals surface area contributed by atoms with Gasteiger partial charge in [-0.15, -0.1) is 0 Å². The minimum absolute atomic E-state index is 0.104. The van der Waals surface area contributed by atoms with Gasteiger partial charge in [-0.1, -0.05) is 0 Å². The van der Waals surface area contributed by atoms with Crippen LogP contribution in [0.2, 0.25) is 0 Å². The molecule has 0 atom stereocenters. The Hall–Kier alpha value is -1.55. The van der Waals surface area contributed by atoms with Gasteiger partial charge in [-0.2, -0.15) is 0 Å². The summed E-state index contributed by atoms with van der Waals surface area (Å²) in [6.07, 6.45) is 0. The van der Waals surface area contributed by atoms with Crippen LogP contribution in [0.1, 0.15) is 0 Å². The van der Waals surface area contributed by atoms with E-state index in [1.54, 1.807) is 19.2 Å². The number of anilines is 1. The molecule has 0 aliphatic rings. The average molecular weight is 180 g/mol. The van der Waals surface area contributed by atoms with Crippen molar-refractivity contribution in [2.75, 3.05) is 18.9 Å². The second-order valence-electron chi connectivity index (χ2n) is 2.63. The van der Waals surface area contributed by atoms with E-state index in [0.717, 1.165) is 0 Å². The van der Waals surface area contributed by atoms with Crippen LogP contribution < -0.4 is 10.6 Å². The summed E-state index contributed by atoms with van der Waals surface area (Å²) in [5, 5.41) is 14.4. The fraction of sp³-hybridized carbons (Fsp3) is 0.222. The standard InChI is InChI=1S/C9H12N2O2/c1-10-6-9(13)11-7-2-4-8(12)5-3-7/h2-5,10,12H,6H2,1H3,(H,11,13). The number of hydrogen-bond donors (Lipinski definition) is 3. The maximum atomic E-state index is 11.1. The van der Waals surface area contributed by atoms with E-state index in [9.17, 15) is 4.79 Å². The van der Waals surface area contributed by atoms with Crippen molar-refractivity contribution in [2.45, 2.75) is 0 Å². The number of rotatable bonds is 3. The maximum Gasteiger partial charge on any atom is 0.238 e. The van der Waals surface area contributed by atoms with E-state index in [-0.39, 0.29) is 18.2 Å². The normalized spacial score (nSPS) is 9.62. The zero-order chi connectivity index (χ0) is 9.68. The van der Waals surface area contributed by atoms with Gasteiger partial charge in [0, 0.05) is 5.69 Å². The first-order valence-corrected chi connectivity index (χ1v) is 3.96. The Morgan fingerprint density at radius 3 is 2.54 bits per heavy atom. The molecule has 1 rings (SSSR count). The van der Waals surface area contributed by atoms with Gasteiger partial charge in [0.2, 0.25) is 5.91 Å². The highest BCUT2D eigenvalue weighted by Gasteiger charge is 1.99. The highest BCUT2D eigenvalue weighted by molar-refractivity contribution is 5.92. The third kappa shape index (κ3) is 3.13. The summed E-state index contributed by atoms with van der Waals surface area (Å²) in [7, 11) is 1.70. The maximum absolute atomic E-state index is 11.1. The number of phenolic OH excluding ortho intramolecular Hbond substituents is 1. The highest BCUT2D eigenvalue weighted by Crippen LogP contribution is 2.13. The molecule has 3 N–H and O–H groups in total. The summed E-state index contributed by atoms with van der Waals surface area (Å²) in [6, 6.07) is 6.33. The summed E-state index contributed by atoms with van der Waals surface area (Å²) in [5.41, 5.74) is 0.679. The Labute approximate surface area is 76.6 Å². The molecule has 4 heteroatoms. The minimum Gasteiger partial charge on any atom is -0.508 e. The zero-order valence-corrected chi connectivity index (χ0v) is 7.37. The molecular weight excluding hydrogens is 168 g/mol. The van der Waals surface area contributed by atoms with Crippen LogP contribution >= 0.6 is 0 Å². The fourth-order valence-electron chi connectivity index (χ4n) is 0.911. The van der Waals surface area contributed by atoms with Crippen LogP contribution in [-0.4, -0.2) is 24.6 Å². The Kier molecular flexibility index (Phi) is 3.28. The second kappa shape index (κ2) is 4.47. The molecule has 1 amide bonds. The van der Waals surface area contributed by atoms with Crippen LogP contribution in [0.3, 0.4) is 0 Å². The summed E-state index contributed by atoms with van der Waals surface area (Å²) >= 11 is 0. The van der Waals surface area contributed by atoms with Gasteiger partial charge in [-0.25, -0.2) is 0 Å². The summed E-state index contributed by atoms with van der Waals surface area (Å²) in [5.74, 6) is 0.0832. The molecule has 0 bridgehead atoms. The molecule has 0 saturated heterocycles. The van der Waals surface area contributed by atoms with Gasteiger partial charge in [0.15, 0.2) is 0 Å². The first kappa shape index (κ1) is 9.54. The van der Waals surface area contributed by atoms with E-state index in [1.165, 1.54) is 12.1 Å². The zero-order valence-electron chi connectivity index (χ0n) is 7.37. The Balaban J connectivity index is 2.54. The molecule has 0 heterocycles. The summed E-state index contributed by atoms with van der Waals surface area (Å²) < 4.78 is 0. The van der Waals surface area contributed by atoms with Crippen molar-refractivity contribution < 1.29 is 9.90 Å². The lowest BCUT2D eigenvalue weighted by Crippen LogP contribution is -2.24. The topological polar surface area (TPSA) is 61.4 Å². The number of likely N-dealkylation sites (N-methyl/N-ethyl adjacent to an activating group) is 1. The van der Waals surface area contributed by atoms with Crippen molar-refractivity contribution in [2.24, 2.45) is 0 Å². The predicted molar refractivity (Wildman–Crippen MR) is 50.7 cm³/mol. The fourth-order valence-corrected chi connectivity index (χ4v) is 0.911. The molecule has 13 heavy (non-hydrogen) atoms. The number of benzene rings is 1. The van der Waals surface area contributed by atoms with Gasteiger partial charge in [-0.3, -0.25) is 4.79 Å². The van der Waals surface area contributed by atoms with Crippen molar-refractivity contribution in [1.82, 2.24) is 5.32 Å². The van der Waals surface area contributed by atoms with Crippen LogP contribution in [0.25, 0.3) is 0 Å². The number of amides is 1. The van der Waals surface area contributed by atoms with Crippen LogP contribution in [-0.2, 0) is 4.79 Å². The molecule has 1 aromatic carbocycles. The van der Waals surface area contributed by atoms with Crippen LogP contribution in [0.15, 0.2) is 24.3 Å². The first-order valence-electron chi connectivity index (χ1n) is 3.96. The van der Waals surface area contributed by atoms with Gasteiger partial charge < -0.3 is 15.7 Å². The third-order valence-corrected chi connectivity index (χ3v) is 1.49. The molecule has 0 aromatic heterocycles. The van der Waals surface area contributed by atoms with E-state index in [1.807, 2.05) is 0 Å². The molecule has 1 aromatic rings. The van der Waals surface area contributed by atoms with Gasteiger partial charge >= 0.3 is 0 Å². The Morgan fingerprint density at radius 1 is 1.38 bits per heavy atom. The van der Waals surface area contributed by atoms with Gasteiger partial charge in [0.05, 0.1) is 6.54 Å². The Morgan fingerprint density at radius 2 is 2.00 bits per heavy atom. The average Bonchev–Trinajstić information content (AvgIpc) is 2.09. The van der Waals surface area contributed by atoms with Crippen LogP contribution in [0.5, 0.6) is 5.75 Å². The van der Waals surface area contributed by atoms with Crippen LogP contribution in [0, 0.1) is 0 Å². The lowest BCUT2D eigenvalue weighted by atomic mass is 10.3. The molecule has 0 aliphatic carbocycles. The quantitative estimate of drug-likeness (QED) is 0.595. The summed E-state index contributed by atoms with van der Waals surface area (Å²) in [4.78, 5) is 11.1. The molecule has 0 aliphatic heterocycles. The number of hydrogen-bond acceptors (Lipinski definition) is 3. The highest BCUT2D eigenvalue weighted by atomic mass is 16.3. The number of nitrogens with one attached hydrogen (secondary N) is 2. The van der Waals surface area contributed by atoms with Gasteiger partial charge in [0.1, 0.15) is 5.75 Å². The van der Waals surface area contributed by atoms with E-state index >= 15 is 0 Å². The van der Waals surface area contributed by atoms with E-state index in [4.69, 9.17) is 5.11 Å². The van der Waals surface area contributed by atoms with E-state index in [2.05, 4.69) is 10.6 Å². The third-order valence-electron chi connectivity index (χ3n) is 1.49. The predicted octanol–water partition coefficient (Wildman–Crippen LogP) is 0.550. The van der Waals surface area contributed by atoms with Crippen molar-refractivity contribution in [3.05, 3.63) is 24.3 Å². The lowest BCUT2D eigenvalue weighted by Gasteiger charge is -2.03. The first-order chi connectivity index (χ1) is 6.22. The van der Waals surface area contributed by atoms with E-state index < -0.39 is 0 Å². The van der Waals surface area contributed by atoms with Crippen molar-refractivity contribution in [3.63, 3.8) is 0 Å². The van der Waals surface area contributed by atoms with Crippen molar-refractivity contribution in [3.8, 4) is 5.75 Å². The molecule has 0 fully saturated rings. The number of aromatic hydroxyl groups is 1. The number of carbonyl (C=O) groups excluding carboxylic acids is 1. The van der Waals surface area contributed by atoms with Crippen LogP contribution in [0.4, 0.5) is 5.69 Å². The van der Waals surface area contributed by atoms with Gasteiger partial charge in [-0.05, 0) is 31.3 Å². The monoisotopic (exact) mass is 180 g/mol. The molecule has 70 valence electrons.